The standard InChI is InChI=1S/C14H30N2O2/c1-12(2)15-8-14(6-7-18-11-14)10-16(5)9-13(3,4)17/h12,15,17H,6-11H2,1-5H3. The van der Waals surface area contributed by atoms with Gasteiger partial charge in [0.1, 0.15) is 0 Å². The third kappa shape index (κ3) is 5.65. The molecule has 0 aromatic heterocycles. The molecule has 1 atom stereocenters. The van der Waals surface area contributed by atoms with E-state index in [4.69, 9.17) is 4.74 Å². The Bertz CT molecular complexity index is 243. The summed E-state index contributed by atoms with van der Waals surface area (Å²) in [5.41, 5.74) is -0.439. The average molecular weight is 258 g/mol. The molecule has 2 N–H and O–H groups in total. The van der Waals surface area contributed by atoms with E-state index in [0.29, 0.717) is 12.6 Å². The summed E-state index contributed by atoms with van der Waals surface area (Å²) < 4.78 is 5.59. The SMILES string of the molecule is CC(C)NCC1(CN(C)CC(C)(C)O)CCOC1. The van der Waals surface area contributed by atoms with Gasteiger partial charge in [0.2, 0.25) is 0 Å². The highest BCUT2D eigenvalue weighted by Crippen LogP contribution is 2.29. The van der Waals surface area contributed by atoms with E-state index in [0.717, 1.165) is 32.7 Å². The number of nitrogens with zero attached hydrogens (tertiary/aromatic N) is 1. The Morgan fingerprint density at radius 3 is 2.56 bits per heavy atom. The van der Waals surface area contributed by atoms with E-state index in [-0.39, 0.29) is 5.41 Å². The molecule has 1 saturated heterocycles. The van der Waals surface area contributed by atoms with Gasteiger partial charge in [0.25, 0.3) is 0 Å². The molecule has 18 heavy (non-hydrogen) atoms. The lowest BCUT2D eigenvalue weighted by molar-refractivity contribution is 0.0271. The van der Waals surface area contributed by atoms with Crippen LogP contribution in [0.25, 0.3) is 0 Å². The second-order valence-corrected chi connectivity index (χ2v) is 6.82. The third-order valence-electron chi connectivity index (χ3n) is 3.33. The minimum Gasteiger partial charge on any atom is -0.389 e. The summed E-state index contributed by atoms with van der Waals surface area (Å²) in [6, 6.07) is 0.502. The van der Waals surface area contributed by atoms with E-state index < -0.39 is 5.60 Å². The van der Waals surface area contributed by atoms with Crippen LogP contribution >= 0.6 is 0 Å². The van der Waals surface area contributed by atoms with Gasteiger partial charge in [-0.15, -0.1) is 0 Å². The van der Waals surface area contributed by atoms with Crippen molar-refractivity contribution in [2.24, 2.45) is 5.41 Å². The average Bonchev–Trinajstić information content (AvgIpc) is 2.61. The van der Waals surface area contributed by atoms with Gasteiger partial charge in [-0.1, -0.05) is 13.8 Å². The van der Waals surface area contributed by atoms with Gasteiger partial charge in [0.15, 0.2) is 0 Å². The van der Waals surface area contributed by atoms with E-state index in [2.05, 4.69) is 31.1 Å². The monoisotopic (exact) mass is 258 g/mol. The van der Waals surface area contributed by atoms with E-state index >= 15 is 0 Å². The predicted molar refractivity (Wildman–Crippen MR) is 74.8 cm³/mol. The lowest BCUT2D eigenvalue weighted by atomic mass is 9.86. The molecule has 1 aliphatic rings. The van der Waals surface area contributed by atoms with Gasteiger partial charge < -0.3 is 20.1 Å². The van der Waals surface area contributed by atoms with E-state index in [1.807, 2.05) is 13.8 Å². The van der Waals surface area contributed by atoms with Crippen LogP contribution in [0, 0.1) is 5.41 Å². The molecule has 1 aliphatic heterocycles. The molecule has 1 rings (SSSR count). The molecule has 0 amide bonds. The molecule has 108 valence electrons. The fraction of sp³-hybridized carbons (Fsp3) is 1.00. The maximum atomic E-state index is 9.88. The number of hydrogen-bond donors (Lipinski definition) is 2. The topological polar surface area (TPSA) is 44.7 Å². The third-order valence-corrected chi connectivity index (χ3v) is 3.33. The molecule has 0 aromatic carbocycles. The van der Waals surface area contributed by atoms with Crippen molar-refractivity contribution in [1.29, 1.82) is 0 Å². The van der Waals surface area contributed by atoms with Crippen molar-refractivity contribution in [3.05, 3.63) is 0 Å². The summed E-state index contributed by atoms with van der Waals surface area (Å²) in [6.45, 7) is 12.4. The number of likely N-dealkylation sites (N-methyl/N-ethyl adjacent to an activating group) is 1. The van der Waals surface area contributed by atoms with Gasteiger partial charge in [-0.05, 0) is 27.3 Å². The van der Waals surface area contributed by atoms with Crippen molar-refractivity contribution in [1.82, 2.24) is 10.2 Å². The van der Waals surface area contributed by atoms with Gasteiger partial charge in [-0.25, -0.2) is 0 Å². The zero-order valence-corrected chi connectivity index (χ0v) is 12.6. The quantitative estimate of drug-likeness (QED) is 0.717. The molecule has 4 heteroatoms. The molecule has 0 aromatic rings. The molecule has 4 nitrogen and oxygen atoms in total. The first-order valence-corrected chi connectivity index (χ1v) is 6.95. The van der Waals surface area contributed by atoms with Crippen molar-refractivity contribution >= 4 is 0 Å². The summed E-state index contributed by atoms with van der Waals surface area (Å²) in [4.78, 5) is 2.22. The van der Waals surface area contributed by atoms with Gasteiger partial charge >= 0.3 is 0 Å². The fourth-order valence-corrected chi connectivity index (χ4v) is 2.68. The zero-order chi connectivity index (χ0) is 13.8. The smallest absolute Gasteiger partial charge is 0.0718 e. The molecular formula is C14H30N2O2. The van der Waals surface area contributed by atoms with Crippen molar-refractivity contribution < 1.29 is 9.84 Å². The van der Waals surface area contributed by atoms with Crippen LogP contribution in [0.1, 0.15) is 34.1 Å². The summed E-state index contributed by atoms with van der Waals surface area (Å²) in [7, 11) is 2.08. The van der Waals surface area contributed by atoms with Crippen LogP contribution in [0.5, 0.6) is 0 Å². The van der Waals surface area contributed by atoms with Crippen LogP contribution in [0.4, 0.5) is 0 Å². The predicted octanol–water partition coefficient (Wildman–Crippen LogP) is 1.09. The zero-order valence-electron chi connectivity index (χ0n) is 12.6. The summed E-state index contributed by atoms with van der Waals surface area (Å²) in [5.74, 6) is 0. The van der Waals surface area contributed by atoms with Crippen LogP contribution in [0.3, 0.4) is 0 Å². The van der Waals surface area contributed by atoms with Gasteiger partial charge in [0, 0.05) is 37.7 Å². The maximum Gasteiger partial charge on any atom is 0.0718 e. The summed E-state index contributed by atoms with van der Waals surface area (Å²) in [5, 5.41) is 13.4. The molecule has 1 heterocycles. The first-order valence-electron chi connectivity index (χ1n) is 6.95. The van der Waals surface area contributed by atoms with Crippen molar-refractivity contribution in [2.75, 3.05) is 39.9 Å². The number of nitrogens with one attached hydrogen (secondary N) is 1. The Hall–Kier alpha value is -0.160. The van der Waals surface area contributed by atoms with Crippen LogP contribution in [-0.2, 0) is 4.74 Å². The van der Waals surface area contributed by atoms with E-state index in [1.165, 1.54) is 0 Å². The highest BCUT2D eigenvalue weighted by molar-refractivity contribution is 4.89. The van der Waals surface area contributed by atoms with Crippen molar-refractivity contribution in [3.63, 3.8) is 0 Å². The van der Waals surface area contributed by atoms with E-state index in [9.17, 15) is 5.11 Å². The molecule has 0 radical (unpaired) electrons. The van der Waals surface area contributed by atoms with Gasteiger partial charge in [0.05, 0.1) is 12.2 Å². The highest BCUT2D eigenvalue weighted by Gasteiger charge is 2.36. The molecule has 0 spiro atoms. The van der Waals surface area contributed by atoms with Crippen LogP contribution in [-0.4, -0.2) is 61.5 Å². The van der Waals surface area contributed by atoms with Gasteiger partial charge in [-0.3, -0.25) is 0 Å². The maximum absolute atomic E-state index is 9.88. The molecular weight excluding hydrogens is 228 g/mol. The lowest BCUT2D eigenvalue weighted by Gasteiger charge is -2.35. The normalized spacial score (nSPS) is 25.3. The van der Waals surface area contributed by atoms with E-state index in [1.54, 1.807) is 0 Å². The Kier molecular flexibility index (Phi) is 5.59. The fourth-order valence-electron chi connectivity index (χ4n) is 2.68. The largest absolute Gasteiger partial charge is 0.389 e. The van der Waals surface area contributed by atoms with Crippen LogP contribution in [0.2, 0.25) is 0 Å². The van der Waals surface area contributed by atoms with Gasteiger partial charge in [-0.2, -0.15) is 0 Å². The molecule has 0 bridgehead atoms. The van der Waals surface area contributed by atoms with Crippen LogP contribution < -0.4 is 5.32 Å². The lowest BCUT2D eigenvalue weighted by Crippen LogP contribution is -2.48. The molecule has 0 aliphatic carbocycles. The summed E-state index contributed by atoms with van der Waals surface area (Å²) in [6.07, 6.45) is 1.10. The molecule has 1 fully saturated rings. The van der Waals surface area contributed by atoms with Crippen molar-refractivity contribution in [3.8, 4) is 0 Å². The Morgan fingerprint density at radius 1 is 1.44 bits per heavy atom. The summed E-state index contributed by atoms with van der Waals surface area (Å²) >= 11 is 0. The molecule has 1 unspecified atom stereocenters. The Labute approximate surface area is 112 Å². The second-order valence-electron chi connectivity index (χ2n) is 6.82. The second kappa shape index (κ2) is 6.33. The first kappa shape index (κ1) is 15.9. The number of rotatable bonds is 7. The van der Waals surface area contributed by atoms with Crippen molar-refractivity contribution in [2.45, 2.75) is 45.8 Å². The number of ether oxygens (including phenoxy) is 1. The number of aliphatic hydroxyl groups is 1. The Balaban J connectivity index is 2.51. The first-order chi connectivity index (χ1) is 8.22. The Morgan fingerprint density at radius 2 is 2.11 bits per heavy atom. The highest BCUT2D eigenvalue weighted by atomic mass is 16.5. The minimum absolute atomic E-state index is 0.199. The molecule has 0 saturated carbocycles. The number of hydrogen-bond acceptors (Lipinski definition) is 4. The minimum atomic E-state index is -0.638. The van der Waals surface area contributed by atoms with Crippen LogP contribution in [0.15, 0.2) is 0 Å².